The van der Waals surface area contributed by atoms with Crippen molar-refractivity contribution in [1.29, 1.82) is 0 Å². The maximum absolute atomic E-state index is 13.1. The first-order valence-electron chi connectivity index (χ1n) is 6.52. The first kappa shape index (κ1) is 18.3. The van der Waals surface area contributed by atoms with Crippen LogP contribution in [0.5, 0.6) is 5.75 Å². The summed E-state index contributed by atoms with van der Waals surface area (Å²) in [5.41, 5.74) is 5.68. The van der Waals surface area contributed by atoms with E-state index in [9.17, 15) is 13.2 Å². The Morgan fingerprint density at radius 3 is 2.59 bits per heavy atom. The minimum atomic E-state index is -4.46. The Labute approximate surface area is 132 Å². The molecule has 2 rings (SSSR count). The molecule has 0 atom stereocenters. The zero-order valence-corrected chi connectivity index (χ0v) is 12.7. The van der Waals surface area contributed by atoms with Gasteiger partial charge < -0.3 is 10.5 Å². The van der Waals surface area contributed by atoms with Crippen LogP contribution in [0.3, 0.4) is 0 Å². The molecule has 1 aromatic carbocycles. The molecular formula is C14H17ClF3N3O. The number of hydrogen-bond donors (Lipinski definition) is 1. The molecule has 0 fully saturated rings. The van der Waals surface area contributed by atoms with Gasteiger partial charge in [0, 0.05) is 18.3 Å². The van der Waals surface area contributed by atoms with E-state index in [1.165, 1.54) is 12.3 Å². The SMILES string of the molecule is CCOc1ccc(-c2cnn(CCN)c2)cc1C(F)(F)F.Cl. The van der Waals surface area contributed by atoms with Crippen molar-refractivity contribution in [2.45, 2.75) is 19.6 Å². The van der Waals surface area contributed by atoms with Gasteiger partial charge in [-0.3, -0.25) is 4.68 Å². The molecule has 2 N–H and O–H groups in total. The van der Waals surface area contributed by atoms with Gasteiger partial charge in [0.05, 0.1) is 24.9 Å². The standard InChI is InChI=1S/C14H16F3N3O.ClH/c1-2-21-13-4-3-10(7-12(13)14(15,16)17)11-8-19-20(9-11)6-5-18;/h3-4,7-9H,2,5-6,18H2,1H3;1H. The van der Waals surface area contributed by atoms with Crippen molar-refractivity contribution in [3.63, 3.8) is 0 Å². The van der Waals surface area contributed by atoms with Gasteiger partial charge in [0.15, 0.2) is 0 Å². The molecule has 1 aromatic heterocycles. The smallest absolute Gasteiger partial charge is 0.419 e. The second kappa shape index (κ2) is 7.51. The lowest BCUT2D eigenvalue weighted by Crippen LogP contribution is -2.09. The Morgan fingerprint density at radius 2 is 2.00 bits per heavy atom. The van der Waals surface area contributed by atoms with Gasteiger partial charge in [0.25, 0.3) is 0 Å². The summed E-state index contributed by atoms with van der Waals surface area (Å²) in [7, 11) is 0. The summed E-state index contributed by atoms with van der Waals surface area (Å²) in [6.07, 6.45) is -1.28. The van der Waals surface area contributed by atoms with Crippen LogP contribution in [-0.2, 0) is 12.7 Å². The van der Waals surface area contributed by atoms with Crippen molar-refractivity contribution in [1.82, 2.24) is 9.78 Å². The van der Waals surface area contributed by atoms with E-state index >= 15 is 0 Å². The van der Waals surface area contributed by atoms with E-state index < -0.39 is 11.7 Å². The van der Waals surface area contributed by atoms with Crippen molar-refractivity contribution in [2.24, 2.45) is 5.73 Å². The van der Waals surface area contributed by atoms with E-state index in [-0.39, 0.29) is 24.8 Å². The van der Waals surface area contributed by atoms with E-state index in [4.69, 9.17) is 10.5 Å². The van der Waals surface area contributed by atoms with E-state index in [1.807, 2.05) is 0 Å². The topological polar surface area (TPSA) is 53.1 Å². The van der Waals surface area contributed by atoms with Gasteiger partial charge in [0.1, 0.15) is 5.75 Å². The quantitative estimate of drug-likeness (QED) is 0.911. The highest BCUT2D eigenvalue weighted by molar-refractivity contribution is 5.85. The molecule has 0 bridgehead atoms. The molecule has 0 aliphatic heterocycles. The number of nitrogens with two attached hydrogens (primary N) is 1. The van der Waals surface area contributed by atoms with Gasteiger partial charge in [-0.1, -0.05) is 6.07 Å². The Balaban J connectivity index is 0.00000242. The fourth-order valence-electron chi connectivity index (χ4n) is 1.98. The number of aromatic nitrogens is 2. The third-order valence-corrected chi connectivity index (χ3v) is 2.91. The van der Waals surface area contributed by atoms with Gasteiger partial charge in [-0.25, -0.2) is 0 Å². The van der Waals surface area contributed by atoms with Crippen LogP contribution >= 0.6 is 12.4 Å². The molecule has 0 amide bonds. The first-order chi connectivity index (χ1) is 9.95. The largest absolute Gasteiger partial charge is 0.493 e. The van der Waals surface area contributed by atoms with Crippen LogP contribution in [0.25, 0.3) is 11.1 Å². The maximum atomic E-state index is 13.1. The molecule has 2 aromatic rings. The van der Waals surface area contributed by atoms with Crippen LogP contribution in [0.2, 0.25) is 0 Å². The molecule has 0 radical (unpaired) electrons. The summed E-state index contributed by atoms with van der Waals surface area (Å²) in [5, 5.41) is 4.06. The summed E-state index contributed by atoms with van der Waals surface area (Å²) in [6.45, 7) is 2.75. The summed E-state index contributed by atoms with van der Waals surface area (Å²) in [4.78, 5) is 0. The minimum Gasteiger partial charge on any atom is -0.493 e. The second-order valence-electron chi connectivity index (χ2n) is 4.42. The molecular weight excluding hydrogens is 319 g/mol. The van der Waals surface area contributed by atoms with E-state index in [1.54, 1.807) is 23.9 Å². The fraction of sp³-hybridized carbons (Fsp3) is 0.357. The second-order valence-corrected chi connectivity index (χ2v) is 4.42. The lowest BCUT2D eigenvalue weighted by atomic mass is 10.0. The predicted molar refractivity (Wildman–Crippen MR) is 80.1 cm³/mol. The Kier molecular flexibility index (Phi) is 6.25. The van der Waals surface area contributed by atoms with Crippen molar-refractivity contribution in [3.8, 4) is 16.9 Å². The van der Waals surface area contributed by atoms with Gasteiger partial charge >= 0.3 is 6.18 Å². The van der Waals surface area contributed by atoms with Crippen molar-refractivity contribution in [2.75, 3.05) is 13.2 Å². The zero-order chi connectivity index (χ0) is 15.5. The molecule has 0 spiro atoms. The molecule has 0 saturated carbocycles. The summed E-state index contributed by atoms with van der Waals surface area (Å²) in [6, 6.07) is 4.00. The molecule has 0 aliphatic carbocycles. The van der Waals surface area contributed by atoms with Crippen LogP contribution in [0.4, 0.5) is 13.2 Å². The Hall–Kier alpha value is -1.73. The molecule has 0 saturated heterocycles. The number of hydrogen-bond acceptors (Lipinski definition) is 3. The number of alkyl halides is 3. The third kappa shape index (κ3) is 4.14. The predicted octanol–water partition coefficient (Wildman–Crippen LogP) is 3.35. The molecule has 4 nitrogen and oxygen atoms in total. The molecule has 22 heavy (non-hydrogen) atoms. The fourth-order valence-corrected chi connectivity index (χ4v) is 1.98. The normalized spacial score (nSPS) is 11.1. The number of halogens is 4. The lowest BCUT2D eigenvalue weighted by Gasteiger charge is -2.14. The van der Waals surface area contributed by atoms with Gasteiger partial charge in [-0.05, 0) is 24.6 Å². The van der Waals surface area contributed by atoms with E-state index in [0.29, 0.717) is 24.2 Å². The number of benzene rings is 1. The van der Waals surface area contributed by atoms with Crippen molar-refractivity contribution in [3.05, 3.63) is 36.2 Å². The van der Waals surface area contributed by atoms with E-state index in [2.05, 4.69) is 5.10 Å². The average Bonchev–Trinajstić information content (AvgIpc) is 2.87. The third-order valence-electron chi connectivity index (χ3n) is 2.91. The molecule has 122 valence electrons. The number of rotatable bonds is 5. The van der Waals surface area contributed by atoms with Crippen LogP contribution < -0.4 is 10.5 Å². The molecule has 1 heterocycles. The summed E-state index contributed by atoms with van der Waals surface area (Å²) < 4.78 is 45.9. The highest BCUT2D eigenvalue weighted by atomic mass is 35.5. The zero-order valence-electron chi connectivity index (χ0n) is 11.9. The monoisotopic (exact) mass is 335 g/mol. The number of ether oxygens (including phenoxy) is 1. The summed E-state index contributed by atoms with van der Waals surface area (Å²) in [5.74, 6) is -0.164. The highest BCUT2D eigenvalue weighted by Gasteiger charge is 2.34. The van der Waals surface area contributed by atoms with Crippen LogP contribution in [0.1, 0.15) is 12.5 Å². The van der Waals surface area contributed by atoms with Crippen LogP contribution in [-0.4, -0.2) is 22.9 Å². The maximum Gasteiger partial charge on any atom is 0.419 e. The van der Waals surface area contributed by atoms with Crippen molar-refractivity contribution >= 4 is 12.4 Å². The Morgan fingerprint density at radius 1 is 1.27 bits per heavy atom. The van der Waals surface area contributed by atoms with Crippen LogP contribution in [0, 0.1) is 0 Å². The highest BCUT2D eigenvalue weighted by Crippen LogP contribution is 2.38. The van der Waals surface area contributed by atoms with Gasteiger partial charge in [-0.15, -0.1) is 12.4 Å². The molecule has 0 unspecified atom stereocenters. The summed E-state index contributed by atoms with van der Waals surface area (Å²) >= 11 is 0. The van der Waals surface area contributed by atoms with Gasteiger partial charge in [-0.2, -0.15) is 18.3 Å². The van der Waals surface area contributed by atoms with Crippen molar-refractivity contribution < 1.29 is 17.9 Å². The minimum absolute atomic E-state index is 0. The lowest BCUT2D eigenvalue weighted by molar-refractivity contribution is -0.138. The first-order valence-corrected chi connectivity index (χ1v) is 6.52. The molecule has 0 aliphatic rings. The molecule has 8 heteroatoms. The van der Waals surface area contributed by atoms with E-state index in [0.717, 1.165) is 6.07 Å². The average molecular weight is 336 g/mol. The van der Waals surface area contributed by atoms with Gasteiger partial charge in [0.2, 0.25) is 0 Å². The van der Waals surface area contributed by atoms with Crippen LogP contribution in [0.15, 0.2) is 30.6 Å². The number of nitrogens with zero attached hydrogens (tertiary/aromatic N) is 2. The Bertz CT molecular complexity index is 614.